The molecule has 0 aliphatic carbocycles. The van der Waals surface area contributed by atoms with Gasteiger partial charge in [0.2, 0.25) is 0 Å². The predicted molar refractivity (Wildman–Crippen MR) is 102 cm³/mol. The van der Waals surface area contributed by atoms with E-state index in [1.165, 1.54) is 44.5 Å². The Kier molecular flexibility index (Phi) is 5.85. The van der Waals surface area contributed by atoms with Crippen molar-refractivity contribution in [2.45, 2.75) is 24.2 Å². The van der Waals surface area contributed by atoms with E-state index in [1.54, 1.807) is 25.1 Å². The fraction of sp³-hybridized carbons (Fsp3) is 0.250. The Balaban J connectivity index is 1.81. The van der Waals surface area contributed by atoms with Crippen molar-refractivity contribution in [3.63, 3.8) is 0 Å². The van der Waals surface area contributed by atoms with Crippen LogP contribution in [-0.2, 0) is 4.74 Å². The van der Waals surface area contributed by atoms with Crippen molar-refractivity contribution in [2.24, 2.45) is 0 Å². The summed E-state index contributed by atoms with van der Waals surface area (Å²) in [5, 5.41) is 20.1. The molecule has 0 fully saturated rings. The number of nitro benzene ring substituents is 1. The number of non-ortho nitro benzene ring substituents is 1. The minimum atomic E-state index is -0.777. The zero-order chi connectivity index (χ0) is 19.6. The van der Waals surface area contributed by atoms with Crippen molar-refractivity contribution >= 4 is 27.3 Å². The first-order valence-corrected chi connectivity index (χ1v) is 9.93. The molecule has 1 aromatic carbocycles. The maximum absolute atomic E-state index is 12.2. The topological polar surface area (TPSA) is 127 Å². The number of rotatable bonds is 6. The third kappa shape index (κ3) is 4.33. The molecule has 2 N–H and O–H groups in total. The SMILES string of the molecule is Cc1cn([C@@H]2O[C@H](CO)C=C2SSc2ccc([N+](=O)[O-])cc2)c(=O)[nH]c1=O. The molecule has 3 rings (SSSR count). The van der Waals surface area contributed by atoms with Crippen molar-refractivity contribution < 1.29 is 14.8 Å². The summed E-state index contributed by atoms with van der Waals surface area (Å²) < 4.78 is 6.96. The number of aryl methyl sites for hydroxylation is 1. The van der Waals surface area contributed by atoms with Gasteiger partial charge in [0.1, 0.15) is 6.10 Å². The van der Waals surface area contributed by atoms with Gasteiger partial charge in [-0.1, -0.05) is 21.6 Å². The van der Waals surface area contributed by atoms with Crippen molar-refractivity contribution in [3.8, 4) is 0 Å². The van der Waals surface area contributed by atoms with E-state index in [-0.39, 0.29) is 12.3 Å². The van der Waals surface area contributed by atoms with Gasteiger partial charge in [0.15, 0.2) is 6.23 Å². The predicted octanol–water partition coefficient (Wildman–Crippen LogP) is 1.97. The van der Waals surface area contributed by atoms with Crippen molar-refractivity contribution in [1.29, 1.82) is 0 Å². The lowest BCUT2D eigenvalue weighted by molar-refractivity contribution is -0.384. The van der Waals surface area contributed by atoms with E-state index in [0.717, 1.165) is 4.90 Å². The number of benzene rings is 1. The maximum atomic E-state index is 12.2. The first-order chi connectivity index (χ1) is 12.9. The molecular weight excluding hydrogens is 394 g/mol. The molecule has 9 nitrogen and oxygen atoms in total. The van der Waals surface area contributed by atoms with E-state index in [4.69, 9.17) is 4.74 Å². The van der Waals surface area contributed by atoms with E-state index < -0.39 is 28.5 Å². The van der Waals surface area contributed by atoms with E-state index in [0.29, 0.717) is 10.5 Å². The van der Waals surface area contributed by atoms with E-state index in [1.807, 2.05) is 0 Å². The lowest BCUT2D eigenvalue weighted by Gasteiger charge is -2.18. The highest BCUT2D eigenvalue weighted by molar-refractivity contribution is 8.78. The summed E-state index contributed by atoms with van der Waals surface area (Å²) in [5.74, 6) is 0. The van der Waals surface area contributed by atoms with Crippen LogP contribution in [0.2, 0.25) is 0 Å². The first-order valence-electron chi connectivity index (χ1n) is 7.78. The molecule has 0 bridgehead atoms. The minimum Gasteiger partial charge on any atom is -0.393 e. The maximum Gasteiger partial charge on any atom is 0.330 e. The van der Waals surface area contributed by atoms with Crippen molar-refractivity contribution in [2.75, 3.05) is 6.61 Å². The van der Waals surface area contributed by atoms with Crippen LogP contribution in [0, 0.1) is 17.0 Å². The largest absolute Gasteiger partial charge is 0.393 e. The molecule has 142 valence electrons. The Morgan fingerprint density at radius 2 is 2.00 bits per heavy atom. The Morgan fingerprint density at radius 1 is 1.30 bits per heavy atom. The molecule has 0 unspecified atom stereocenters. The average Bonchev–Trinajstić information content (AvgIpc) is 3.06. The first kappa shape index (κ1) is 19.4. The fourth-order valence-electron chi connectivity index (χ4n) is 2.38. The van der Waals surface area contributed by atoms with Gasteiger partial charge >= 0.3 is 5.69 Å². The summed E-state index contributed by atoms with van der Waals surface area (Å²) in [6.07, 6.45) is 1.77. The van der Waals surface area contributed by atoms with E-state index in [2.05, 4.69) is 4.98 Å². The molecule has 27 heavy (non-hydrogen) atoms. The molecule has 1 aliphatic heterocycles. The number of hydrogen-bond acceptors (Lipinski definition) is 8. The van der Waals surface area contributed by atoms with Gasteiger partial charge in [-0.15, -0.1) is 0 Å². The third-order valence-corrected chi connectivity index (χ3v) is 6.24. The van der Waals surface area contributed by atoms with Gasteiger partial charge in [-0.3, -0.25) is 24.5 Å². The molecule has 0 spiro atoms. The molecule has 2 heterocycles. The van der Waals surface area contributed by atoms with Crippen molar-refractivity contribution in [3.05, 3.63) is 78.0 Å². The zero-order valence-electron chi connectivity index (χ0n) is 14.0. The number of aromatic nitrogens is 2. The smallest absolute Gasteiger partial charge is 0.330 e. The van der Waals surface area contributed by atoms with E-state index >= 15 is 0 Å². The van der Waals surface area contributed by atoms with Gasteiger partial charge in [0.25, 0.3) is 11.2 Å². The van der Waals surface area contributed by atoms with Crippen LogP contribution in [0.4, 0.5) is 5.69 Å². The summed E-state index contributed by atoms with van der Waals surface area (Å²) in [6, 6.07) is 6.07. The number of ether oxygens (including phenoxy) is 1. The van der Waals surface area contributed by atoms with Crippen LogP contribution in [0.1, 0.15) is 11.8 Å². The van der Waals surface area contributed by atoms with Gasteiger partial charge in [-0.05, 0) is 25.1 Å². The monoisotopic (exact) mass is 409 g/mol. The van der Waals surface area contributed by atoms with Crippen LogP contribution in [0.3, 0.4) is 0 Å². The van der Waals surface area contributed by atoms with Gasteiger partial charge in [0, 0.05) is 33.7 Å². The summed E-state index contributed by atoms with van der Waals surface area (Å²) in [6.45, 7) is 1.33. The number of nitro groups is 1. The highest BCUT2D eigenvalue weighted by atomic mass is 33.1. The Labute approximate surface area is 160 Å². The third-order valence-electron chi connectivity index (χ3n) is 3.76. The molecule has 0 saturated carbocycles. The standard InChI is InChI=1S/C16H15N3O6S2/c1-9-7-18(16(22)17-14(9)21)15-13(6-11(8-20)25-15)27-26-12-4-2-10(3-5-12)19(23)24/h2-7,11,15,20H,8H2,1H3,(H,17,21,22)/t11-,15+/m0/s1. The summed E-state index contributed by atoms with van der Waals surface area (Å²) in [7, 11) is 2.65. The second-order valence-electron chi connectivity index (χ2n) is 5.67. The highest BCUT2D eigenvalue weighted by Crippen LogP contribution is 2.45. The van der Waals surface area contributed by atoms with Gasteiger partial charge in [0.05, 0.1) is 11.5 Å². The lowest BCUT2D eigenvalue weighted by Crippen LogP contribution is -2.34. The average molecular weight is 409 g/mol. The number of hydrogen-bond donors (Lipinski definition) is 2. The molecule has 0 amide bonds. The van der Waals surface area contributed by atoms with Crippen LogP contribution >= 0.6 is 21.6 Å². The van der Waals surface area contributed by atoms with Crippen LogP contribution in [0.25, 0.3) is 0 Å². The number of aliphatic hydroxyl groups excluding tert-OH is 1. The molecule has 1 aromatic heterocycles. The minimum absolute atomic E-state index is 0.00116. The van der Waals surface area contributed by atoms with Gasteiger partial charge in [-0.2, -0.15) is 0 Å². The van der Waals surface area contributed by atoms with Crippen LogP contribution in [-0.4, -0.2) is 32.3 Å². The quantitative estimate of drug-likeness (QED) is 0.421. The lowest BCUT2D eigenvalue weighted by atomic mass is 10.3. The van der Waals surface area contributed by atoms with Gasteiger partial charge in [-0.25, -0.2) is 4.79 Å². The molecule has 1 aliphatic rings. The van der Waals surface area contributed by atoms with Crippen molar-refractivity contribution in [1.82, 2.24) is 9.55 Å². The second kappa shape index (κ2) is 8.13. The normalized spacial score (nSPS) is 19.1. The molecule has 0 radical (unpaired) electrons. The van der Waals surface area contributed by atoms with Gasteiger partial charge < -0.3 is 9.84 Å². The van der Waals surface area contributed by atoms with E-state index in [9.17, 15) is 24.8 Å². The molecule has 2 aromatic rings. The number of H-pyrrole nitrogens is 1. The van der Waals surface area contributed by atoms with Crippen LogP contribution in [0.5, 0.6) is 0 Å². The zero-order valence-corrected chi connectivity index (χ0v) is 15.7. The number of nitrogens with one attached hydrogen (secondary N) is 1. The number of nitrogens with zero attached hydrogens (tertiary/aromatic N) is 2. The number of aliphatic hydroxyl groups is 1. The Hall–Kier alpha value is -2.34. The summed E-state index contributed by atoms with van der Waals surface area (Å²) in [4.78, 5) is 37.7. The molecular formula is C16H15N3O6S2. The fourth-order valence-corrected chi connectivity index (χ4v) is 4.61. The molecule has 0 saturated heterocycles. The van der Waals surface area contributed by atoms with Crippen LogP contribution in [0.15, 0.2) is 55.9 Å². The highest BCUT2D eigenvalue weighted by Gasteiger charge is 2.30. The summed E-state index contributed by atoms with van der Waals surface area (Å²) >= 11 is 0. The summed E-state index contributed by atoms with van der Waals surface area (Å²) in [5.41, 5.74) is -0.716. The Morgan fingerprint density at radius 3 is 2.63 bits per heavy atom. The second-order valence-corrected chi connectivity index (χ2v) is 7.95. The molecule has 2 atom stereocenters. The Bertz CT molecular complexity index is 998. The van der Waals surface area contributed by atoms with Crippen LogP contribution < -0.4 is 11.2 Å². The number of aromatic amines is 1. The molecule has 11 heteroatoms.